The summed E-state index contributed by atoms with van der Waals surface area (Å²) >= 11 is 0. The zero-order chi connectivity index (χ0) is 14.2. The molecule has 0 aliphatic carbocycles. The highest BCUT2D eigenvalue weighted by atomic mass is 16.5. The first-order valence-electron chi connectivity index (χ1n) is 6.94. The Balaban J connectivity index is 2.19. The minimum absolute atomic E-state index is 0.343. The van der Waals surface area contributed by atoms with Crippen molar-refractivity contribution in [2.45, 2.75) is 33.1 Å². The molecule has 0 unspecified atom stereocenters. The van der Waals surface area contributed by atoms with Gasteiger partial charge in [-0.2, -0.15) is 15.0 Å². The van der Waals surface area contributed by atoms with Gasteiger partial charge in [-0.3, -0.25) is 4.57 Å². The van der Waals surface area contributed by atoms with Crippen molar-refractivity contribution < 1.29 is 4.74 Å². The Morgan fingerprint density at radius 1 is 1.20 bits per heavy atom. The topological polar surface area (TPSA) is 77.8 Å². The summed E-state index contributed by atoms with van der Waals surface area (Å²) in [6, 6.07) is 0.343. The molecular formula is C13H20N6O. The Hall–Kier alpha value is -2.18. The molecule has 0 atom stereocenters. The van der Waals surface area contributed by atoms with E-state index in [2.05, 4.69) is 39.1 Å². The van der Waals surface area contributed by atoms with E-state index in [1.165, 1.54) is 0 Å². The smallest absolute Gasteiger partial charge is 0.323 e. The van der Waals surface area contributed by atoms with Crippen LogP contribution in [0.15, 0.2) is 18.7 Å². The molecule has 2 rings (SSSR count). The van der Waals surface area contributed by atoms with E-state index in [0.29, 0.717) is 24.5 Å². The Morgan fingerprint density at radius 2 is 2.10 bits per heavy atom. The van der Waals surface area contributed by atoms with E-state index >= 15 is 0 Å². The largest absolute Gasteiger partial charge is 0.463 e. The van der Waals surface area contributed by atoms with Crippen LogP contribution in [0.25, 0.3) is 5.95 Å². The molecule has 108 valence electrons. The van der Waals surface area contributed by atoms with Crippen LogP contribution in [0.1, 0.15) is 33.1 Å². The molecule has 0 aromatic carbocycles. The quantitative estimate of drug-likeness (QED) is 0.744. The van der Waals surface area contributed by atoms with Crippen molar-refractivity contribution in [3.8, 4) is 12.0 Å². The fourth-order valence-corrected chi connectivity index (χ4v) is 1.53. The number of imidazole rings is 1. The molecule has 0 amide bonds. The second kappa shape index (κ2) is 7.42. The lowest BCUT2D eigenvalue weighted by Crippen LogP contribution is -2.11. The predicted octanol–water partition coefficient (Wildman–Crippen LogP) is 2.06. The Bertz CT molecular complexity index is 514. The summed E-state index contributed by atoms with van der Waals surface area (Å²) in [6.07, 6.45) is 8.16. The molecule has 0 spiro atoms. The van der Waals surface area contributed by atoms with E-state index in [0.717, 1.165) is 25.8 Å². The monoisotopic (exact) mass is 276 g/mol. The number of anilines is 1. The molecule has 0 fully saturated rings. The van der Waals surface area contributed by atoms with Crippen molar-refractivity contribution in [3.05, 3.63) is 18.7 Å². The predicted molar refractivity (Wildman–Crippen MR) is 76.1 cm³/mol. The van der Waals surface area contributed by atoms with Crippen molar-refractivity contribution in [2.24, 2.45) is 0 Å². The lowest BCUT2D eigenvalue weighted by Gasteiger charge is -2.09. The molecule has 1 N–H and O–H groups in total. The second-order valence-corrected chi connectivity index (χ2v) is 4.34. The van der Waals surface area contributed by atoms with Gasteiger partial charge in [0.25, 0.3) is 0 Å². The van der Waals surface area contributed by atoms with Crippen molar-refractivity contribution in [2.75, 3.05) is 18.5 Å². The number of nitrogens with one attached hydrogen (secondary N) is 1. The number of rotatable bonds is 8. The van der Waals surface area contributed by atoms with E-state index in [1.807, 2.05) is 0 Å². The van der Waals surface area contributed by atoms with Gasteiger partial charge in [0.05, 0.1) is 6.61 Å². The molecule has 7 heteroatoms. The number of unbranched alkanes of at least 4 members (excludes halogenated alkanes) is 1. The van der Waals surface area contributed by atoms with E-state index in [1.54, 1.807) is 23.3 Å². The molecule has 0 aliphatic heterocycles. The number of hydrogen-bond acceptors (Lipinski definition) is 6. The third kappa shape index (κ3) is 3.91. The van der Waals surface area contributed by atoms with Crippen LogP contribution in [-0.2, 0) is 0 Å². The molecule has 0 radical (unpaired) electrons. The molecule has 0 aliphatic rings. The molecule has 20 heavy (non-hydrogen) atoms. The number of nitrogens with zero attached hydrogens (tertiary/aromatic N) is 5. The molecule has 0 saturated heterocycles. The maximum atomic E-state index is 5.57. The number of ether oxygens (including phenoxy) is 1. The van der Waals surface area contributed by atoms with Crippen LogP contribution < -0.4 is 10.1 Å². The summed E-state index contributed by atoms with van der Waals surface area (Å²) in [6.45, 7) is 5.62. The van der Waals surface area contributed by atoms with E-state index in [4.69, 9.17) is 4.74 Å². The minimum atomic E-state index is 0.343. The van der Waals surface area contributed by atoms with Gasteiger partial charge < -0.3 is 10.1 Å². The average molecular weight is 276 g/mol. The molecular weight excluding hydrogens is 256 g/mol. The van der Waals surface area contributed by atoms with Crippen LogP contribution in [-0.4, -0.2) is 37.7 Å². The van der Waals surface area contributed by atoms with Gasteiger partial charge in [-0.15, -0.1) is 0 Å². The van der Waals surface area contributed by atoms with Crippen LogP contribution in [0.4, 0.5) is 5.95 Å². The Labute approximate surface area is 118 Å². The van der Waals surface area contributed by atoms with Crippen LogP contribution >= 0.6 is 0 Å². The fraction of sp³-hybridized carbons (Fsp3) is 0.538. The van der Waals surface area contributed by atoms with Gasteiger partial charge in [-0.05, 0) is 12.8 Å². The molecule has 0 saturated carbocycles. The van der Waals surface area contributed by atoms with Gasteiger partial charge >= 0.3 is 6.01 Å². The third-order valence-corrected chi connectivity index (χ3v) is 2.60. The zero-order valence-electron chi connectivity index (χ0n) is 11.9. The highest BCUT2D eigenvalue weighted by molar-refractivity contribution is 5.30. The van der Waals surface area contributed by atoms with Gasteiger partial charge in [0.2, 0.25) is 11.9 Å². The first-order valence-corrected chi connectivity index (χ1v) is 6.94. The molecule has 7 nitrogen and oxygen atoms in total. The average Bonchev–Trinajstić information content (AvgIpc) is 2.99. The highest BCUT2D eigenvalue weighted by Crippen LogP contribution is 2.11. The maximum Gasteiger partial charge on any atom is 0.323 e. The van der Waals surface area contributed by atoms with Crippen molar-refractivity contribution in [3.63, 3.8) is 0 Å². The first-order chi connectivity index (χ1) is 9.83. The normalized spacial score (nSPS) is 10.5. The lowest BCUT2D eigenvalue weighted by molar-refractivity contribution is 0.284. The summed E-state index contributed by atoms with van der Waals surface area (Å²) in [5, 5.41) is 3.15. The van der Waals surface area contributed by atoms with Gasteiger partial charge in [-0.25, -0.2) is 4.98 Å². The van der Waals surface area contributed by atoms with Crippen LogP contribution in [0.3, 0.4) is 0 Å². The van der Waals surface area contributed by atoms with Crippen molar-refractivity contribution >= 4 is 5.95 Å². The molecule has 0 bridgehead atoms. The van der Waals surface area contributed by atoms with Crippen molar-refractivity contribution in [1.29, 1.82) is 0 Å². The highest BCUT2D eigenvalue weighted by Gasteiger charge is 2.08. The number of aromatic nitrogens is 5. The maximum absolute atomic E-state index is 5.57. The zero-order valence-corrected chi connectivity index (χ0v) is 11.9. The molecule has 2 aromatic rings. The van der Waals surface area contributed by atoms with E-state index in [9.17, 15) is 0 Å². The van der Waals surface area contributed by atoms with Crippen LogP contribution in [0.5, 0.6) is 6.01 Å². The summed E-state index contributed by atoms with van der Waals surface area (Å²) in [4.78, 5) is 16.9. The molecule has 2 aromatic heterocycles. The van der Waals surface area contributed by atoms with E-state index in [-0.39, 0.29) is 0 Å². The van der Waals surface area contributed by atoms with Crippen molar-refractivity contribution in [1.82, 2.24) is 24.5 Å². The van der Waals surface area contributed by atoms with Gasteiger partial charge in [0.15, 0.2) is 0 Å². The molecule has 2 heterocycles. The van der Waals surface area contributed by atoms with Crippen LogP contribution in [0, 0.1) is 0 Å². The minimum Gasteiger partial charge on any atom is -0.463 e. The Morgan fingerprint density at radius 3 is 2.80 bits per heavy atom. The fourth-order valence-electron chi connectivity index (χ4n) is 1.53. The summed E-state index contributed by atoms with van der Waals surface area (Å²) in [5.74, 6) is 1.03. The third-order valence-electron chi connectivity index (χ3n) is 2.60. The Kier molecular flexibility index (Phi) is 5.28. The van der Waals surface area contributed by atoms with Gasteiger partial charge in [0.1, 0.15) is 6.33 Å². The number of hydrogen-bond donors (Lipinski definition) is 1. The lowest BCUT2D eigenvalue weighted by atomic mass is 10.4. The second-order valence-electron chi connectivity index (χ2n) is 4.34. The van der Waals surface area contributed by atoms with E-state index < -0.39 is 0 Å². The first kappa shape index (κ1) is 14.2. The summed E-state index contributed by atoms with van der Waals surface area (Å²) in [7, 11) is 0. The SMILES string of the molecule is CCCCOc1nc(NCCC)nc(-n2ccnc2)n1. The standard InChI is InChI=1S/C13H20N6O/c1-3-5-9-20-13-17-11(15-6-4-2)16-12(18-13)19-8-7-14-10-19/h7-8,10H,3-6,9H2,1-2H3,(H,15,16,17,18). The van der Waals surface area contributed by atoms with Gasteiger partial charge in [0, 0.05) is 18.9 Å². The van der Waals surface area contributed by atoms with Crippen LogP contribution in [0.2, 0.25) is 0 Å². The van der Waals surface area contributed by atoms with Gasteiger partial charge in [-0.1, -0.05) is 20.3 Å². The summed E-state index contributed by atoms with van der Waals surface area (Å²) in [5.41, 5.74) is 0. The summed E-state index contributed by atoms with van der Waals surface area (Å²) < 4.78 is 7.30.